The molecule has 0 bridgehead atoms. The zero-order valence-electron chi connectivity index (χ0n) is 15.3. The van der Waals surface area contributed by atoms with Crippen LogP contribution in [-0.2, 0) is 6.61 Å². The Kier molecular flexibility index (Phi) is 5.45. The highest BCUT2D eigenvalue weighted by molar-refractivity contribution is 6.03. The molecule has 1 aromatic heterocycles. The minimum atomic E-state index is -0.460. The van der Waals surface area contributed by atoms with Crippen LogP contribution < -0.4 is 14.8 Å². The number of carbonyl (C=O) groups excluding carboxylic acids is 1. The van der Waals surface area contributed by atoms with Crippen LogP contribution in [0.4, 0.5) is 10.1 Å². The molecule has 0 saturated carbocycles. The summed E-state index contributed by atoms with van der Waals surface area (Å²) in [5.74, 6) is 0.727. The molecule has 0 radical (unpaired) electrons. The van der Waals surface area contributed by atoms with E-state index in [9.17, 15) is 9.18 Å². The third-order valence-electron chi connectivity index (χ3n) is 4.00. The summed E-state index contributed by atoms with van der Waals surface area (Å²) in [6.45, 7) is 4.20. The van der Waals surface area contributed by atoms with Crippen molar-refractivity contribution in [1.82, 2.24) is 0 Å². The minimum absolute atomic E-state index is 0.126. The second-order valence-electron chi connectivity index (χ2n) is 6.12. The number of furan rings is 1. The summed E-state index contributed by atoms with van der Waals surface area (Å²) < 4.78 is 29.6. The summed E-state index contributed by atoms with van der Waals surface area (Å²) in [6.07, 6.45) is 0. The Labute approximate surface area is 156 Å². The third-order valence-corrected chi connectivity index (χ3v) is 4.00. The fraction of sp³-hybridized carbons (Fsp3) is 0.190. The van der Waals surface area contributed by atoms with Gasteiger partial charge in [0.05, 0.1) is 12.8 Å². The topological polar surface area (TPSA) is 60.7 Å². The fourth-order valence-corrected chi connectivity index (χ4v) is 2.64. The number of anilines is 1. The molecule has 27 heavy (non-hydrogen) atoms. The lowest BCUT2D eigenvalue weighted by molar-refractivity contribution is 0.0992. The highest BCUT2D eigenvalue weighted by Gasteiger charge is 2.15. The molecule has 0 spiro atoms. The van der Waals surface area contributed by atoms with Gasteiger partial charge in [-0.25, -0.2) is 4.39 Å². The number of benzene rings is 2. The Morgan fingerprint density at radius 3 is 2.63 bits per heavy atom. The predicted molar refractivity (Wildman–Crippen MR) is 99.9 cm³/mol. The maximum Gasteiger partial charge on any atom is 0.291 e. The van der Waals surface area contributed by atoms with E-state index >= 15 is 0 Å². The molecule has 1 amide bonds. The van der Waals surface area contributed by atoms with Gasteiger partial charge in [-0.3, -0.25) is 4.79 Å². The highest BCUT2D eigenvalue weighted by Crippen LogP contribution is 2.26. The van der Waals surface area contributed by atoms with Crippen LogP contribution >= 0.6 is 0 Å². The maximum atomic E-state index is 13.2. The molecule has 3 aromatic rings. The lowest BCUT2D eigenvalue weighted by Gasteiger charge is -2.09. The van der Waals surface area contributed by atoms with Gasteiger partial charge in [0.15, 0.2) is 5.76 Å². The summed E-state index contributed by atoms with van der Waals surface area (Å²) in [7, 11) is 1.40. The van der Waals surface area contributed by atoms with Gasteiger partial charge < -0.3 is 19.2 Å². The number of amides is 1. The summed E-state index contributed by atoms with van der Waals surface area (Å²) in [5.41, 5.74) is 2.55. The van der Waals surface area contributed by atoms with E-state index in [2.05, 4.69) is 5.32 Å². The molecule has 0 aliphatic heterocycles. The van der Waals surface area contributed by atoms with E-state index in [4.69, 9.17) is 13.9 Å². The van der Waals surface area contributed by atoms with Gasteiger partial charge >= 0.3 is 0 Å². The summed E-state index contributed by atoms with van der Waals surface area (Å²) in [5, 5.41) is 2.64. The molecule has 0 aliphatic carbocycles. The maximum absolute atomic E-state index is 13.2. The van der Waals surface area contributed by atoms with E-state index < -0.39 is 11.7 Å². The zero-order chi connectivity index (χ0) is 19.4. The van der Waals surface area contributed by atoms with Crippen molar-refractivity contribution in [3.05, 3.63) is 77.0 Å². The number of nitrogens with one attached hydrogen (secondary N) is 1. The Morgan fingerprint density at radius 1 is 1.07 bits per heavy atom. The number of methoxy groups -OCH3 is 1. The number of carbonyl (C=O) groups is 1. The molecule has 2 aromatic carbocycles. The monoisotopic (exact) mass is 369 g/mol. The van der Waals surface area contributed by atoms with Crippen molar-refractivity contribution in [2.24, 2.45) is 0 Å². The molecule has 0 atom stereocenters. The van der Waals surface area contributed by atoms with Crippen molar-refractivity contribution in [2.75, 3.05) is 12.4 Å². The molecular formula is C21H20FNO4. The van der Waals surface area contributed by atoms with E-state index in [-0.39, 0.29) is 18.1 Å². The molecule has 0 saturated heterocycles. The van der Waals surface area contributed by atoms with E-state index in [1.807, 2.05) is 32.0 Å². The second-order valence-corrected chi connectivity index (χ2v) is 6.12. The largest absolute Gasteiger partial charge is 0.494 e. The van der Waals surface area contributed by atoms with Gasteiger partial charge in [-0.05, 0) is 49.7 Å². The van der Waals surface area contributed by atoms with Gasteiger partial charge in [0.2, 0.25) is 0 Å². The van der Waals surface area contributed by atoms with Crippen LogP contribution in [0.2, 0.25) is 0 Å². The highest BCUT2D eigenvalue weighted by atomic mass is 19.1. The third kappa shape index (κ3) is 4.47. The number of ether oxygens (including phenoxy) is 2. The first-order valence-corrected chi connectivity index (χ1v) is 8.40. The first-order chi connectivity index (χ1) is 13.0. The number of hydrogen-bond acceptors (Lipinski definition) is 4. The quantitative estimate of drug-likeness (QED) is 0.673. The summed E-state index contributed by atoms with van der Waals surface area (Å²) in [6, 6.07) is 13.0. The molecule has 1 heterocycles. The standard InChI is InChI=1S/C21H20FNO4/c1-13-4-8-18(14(2)10-13)26-12-16-6-9-19(27-16)21(24)23-17-7-5-15(22)11-20(17)25-3/h4-11H,12H2,1-3H3,(H,23,24). The number of rotatable bonds is 6. The normalized spacial score (nSPS) is 10.5. The van der Waals surface area contributed by atoms with Gasteiger partial charge in [0.25, 0.3) is 5.91 Å². The van der Waals surface area contributed by atoms with Gasteiger partial charge in [-0.2, -0.15) is 0 Å². The van der Waals surface area contributed by atoms with Crippen LogP contribution in [0, 0.1) is 19.7 Å². The molecular weight excluding hydrogens is 349 g/mol. The Hall–Kier alpha value is -3.28. The number of halogens is 1. The summed E-state index contributed by atoms with van der Waals surface area (Å²) >= 11 is 0. The Balaban J connectivity index is 1.65. The van der Waals surface area contributed by atoms with Crippen LogP contribution in [0.15, 0.2) is 52.9 Å². The molecule has 0 unspecified atom stereocenters. The zero-order valence-corrected chi connectivity index (χ0v) is 15.3. The lowest BCUT2D eigenvalue weighted by Crippen LogP contribution is -2.12. The fourth-order valence-electron chi connectivity index (χ4n) is 2.64. The van der Waals surface area contributed by atoms with Crippen LogP contribution in [0.5, 0.6) is 11.5 Å². The molecule has 5 nitrogen and oxygen atoms in total. The van der Waals surface area contributed by atoms with Gasteiger partial charge in [-0.15, -0.1) is 0 Å². The lowest BCUT2D eigenvalue weighted by atomic mass is 10.1. The van der Waals surface area contributed by atoms with Crippen molar-refractivity contribution in [2.45, 2.75) is 20.5 Å². The van der Waals surface area contributed by atoms with E-state index in [0.29, 0.717) is 11.4 Å². The van der Waals surface area contributed by atoms with Crippen molar-refractivity contribution in [3.8, 4) is 11.5 Å². The van der Waals surface area contributed by atoms with E-state index in [0.717, 1.165) is 16.9 Å². The number of aryl methyl sites for hydroxylation is 2. The van der Waals surface area contributed by atoms with Crippen molar-refractivity contribution < 1.29 is 23.1 Å². The average molecular weight is 369 g/mol. The first kappa shape index (κ1) is 18.5. The molecule has 0 fully saturated rings. The summed E-state index contributed by atoms with van der Waals surface area (Å²) in [4.78, 5) is 12.4. The van der Waals surface area contributed by atoms with Gasteiger partial charge in [0, 0.05) is 6.07 Å². The van der Waals surface area contributed by atoms with Crippen LogP contribution in [-0.4, -0.2) is 13.0 Å². The SMILES string of the molecule is COc1cc(F)ccc1NC(=O)c1ccc(COc2ccc(C)cc2C)o1. The van der Waals surface area contributed by atoms with Crippen molar-refractivity contribution in [3.63, 3.8) is 0 Å². The van der Waals surface area contributed by atoms with Crippen LogP contribution in [0.3, 0.4) is 0 Å². The van der Waals surface area contributed by atoms with E-state index in [1.54, 1.807) is 12.1 Å². The minimum Gasteiger partial charge on any atom is -0.494 e. The number of hydrogen-bond donors (Lipinski definition) is 1. The average Bonchev–Trinajstić information content (AvgIpc) is 3.11. The first-order valence-electron chi connectivity index (χ1n) is 8.40. The van der Waals surface area contributed by atoms with Crippen LogP contribution in [0.1, 0.15) is 27.4 Å². The molecule has 0 aliphatic rings. The Morgan fingerprint density at radius 2 is 1.89 bits per heavy atom. The predicted octanol–water partition coefficient (Wildman–Crippen LogP) is 4.88. The second kappa shape index (κ2) is 7.95. The smallest absolute Gasteiger partial charge is 0.291 e. The van der Waals surface area contributed by atoms with Crippen LogP contribution in [0.25, 0.3) is 0 Å². The molecule has 1 N–H and O–H groups in total. The Bertz CT molecular complexity index is 965. The van der Waals surface area contributed by atoms with E-state index in [1.165, 1.54) is 25.3 Å². The molecule has 140 valence electrons. The van der Waals surface area contributed by atoms with Gasteiger partial charge in [-0.1, -0.05) is 17.7 Å². The molecule has 3 rings (SSSR count). The van der Waals surface area contributed by atoms with Gasteiger partial charge in [0.1, 0.15) is 29.7 Å². The molecule has 6 heteroatoms. The van der Waals surface area contributed by atoms with Crippen molar-refractivity contribution in [1.29, 1.82) is 0 Å². The van der Waals surface area contributed by atoms with Crippen molar-refractivity contribution >= 4 is 11.6 Å².